The van der Waals surface area contributed by atoms with E-state index < -0.39 is 12.0 Å². The lowest BCUT2D eigenvalue weighted by Crippen LogP contribution is -2.48. The molecule has 0 heterocycles. The number of aliphatic carboxylic acids is 1. The molecule has 0 bridgehead atoms. The number of carboxylic acid groups (broad SMARTS) is 1. The fraction of sp³-hybridized carbons (Fsp3) is 0.800. The molecule has 94 valence electrons. The highest BCUT2D eigenvalue weighted by molar-refractivity contribution is 7.99. The van der Waals surface area contributed by atoms with Gasteiger partial charge in [-0.25, -0.2) is 9.59 Å². The summed E-state index contributed by atoms with van der Waals surface area (Å²) in [5.41, 5.74) is 0. The van der Waals surface area contributed by atoms with Crippen LogP contribution in [-0.4, -0.2) is 53.1 Å². The highest BCUT2D eigenvalue weighted by Gasteiger charge is 2.24. The number of carbonyl (C=O) groups is 2. The van der Waals surface area contributed by atoms with Crippen molar-refractivity contribution >= 4 is 23.8 Å². The van der Waals surface area contributed by atoms with Gasteiger partial charge in [-0.15, -0.1) is 0 Å². The topological polar surface area (TPSA) is 69.6 Å². The van der Waals surface area contributed by atoms with Crippen LogP contribution in [0.3, 0.4) is 0 Å². The first-order chi connectivity index (χ1) is 7.43. The monoisotopic (exact) mass is 248 g/mol. The molecule has 0 aromatic heterocycles. The molecule has 2 N–H and O–H groups in total. The fourth-order valence-corrected chi connectivity index (χ4v) is 1.44. The number of thioether (sulfide) groups is 1. The summed E-state index contributed by atoms with van der Waals surface area (Å²) >= 11 is 1.65. The standard InChI is InChI=1S/C10H20N2O3S/c1-5-8(9(13)14)12(3)10(15)11-6-7(2)16-4/h7-8H,5-6H2,1-4H3,(H,11,15)(H,13,14). The van der Waals surface area contributed by atoms with E-state index in [1.807, 2.05) is 13.2 Å². The number of hydrogen-bond acceptors (Lipinski definition) is 3. The Kier molecular flexibility index (Phi) is 6.96. The van der Waals surface area contributed by atoms with E-state index in [9.17, 15) is 9.59 Å². The Morgan fingerprint density at radius 3 is 2.44 bits per heavy atom. The van der Waals surface area contributed by atoms with Gasteiger partial charge in [0.2, 0.25) is 0 Å². The fourth-order valence-electron chi connectivity index (χ4n) is 1.19. The zero-order chi connectivity index (χ0) is 12.7. The largest absolute Gasteiger partial charge is 0.480 e. The molecule has 2 unspecified atom stereocenters. The van der Waals surface area contributed by atoms with E-state index >= 15 is 0 Å². The highest BCUT2D eigenvalue weighted by Crippen LogP contribution is 2.05. The van der Waals surface area contributed by atoms with Crippen LogP contribution in [0.2, 0.25) is 0 Å². The van der Waals surface area contributed by atoms with Gasteiger partial charge in [0.1, 0.15) is 6.04 Å². The van der Waals surface area contributed by atoms with Crippen molar-refractivity contribution in [3.8, 4) is 0 Å². The minimum atomic E-state index is -0.974. The predicted octanol–water partition coefficient (Wildman–Crippen LogP) is 1.24. The van der Waals surface area contributed by atoms with Gasteiger partial charge < -0.3 is 15.3 Å². The molecule has 0 fully saturated rings. The highest BCUT2D eigenvalue weighted by atomic mass is 32.2. The van der Waals surface area contributed by atoms with Crippen LogP contribution in [0.5, 0.6) is 0 Å². The van der Waals surface area contributed by atoms with Gasteiger partial charge >= 0.3 is 12.0 Å². The molecule has 0 aromatic carbocycles. The predicted molar refractivity (Wildman–Crippen MR) is 65.9 cm³/mol. The molecular weight excluding hydrogens is 228 g/mol. The van der Waals surface area contributed by atoms with Crippen LogP contribution in [0.25, 0.3) is 0 Å². The molecule has 0 radical (unpaired) electrons. The van der Waals surface area contributed by atoms with Crippen molar-refractivity contribution in [2.75, 3.05) is 19.8 Å². The van der Waals surface area contributed by atoms with E-state index in [-0.39, 0.29) is 6.03 Å². The molecule has 0 aromatic rings. The summed E-state index contributed by atoms with van der Waals surface area (Å²) in [6, 6.07) is -1.10. The molecule has 0 saturated heterocycles. The molecule has 0 rings (SSSR count). The molecule has 2 amide bonds. The van der Waals surface area contributed by atoms with Gasteiger partial charge in [0.25, 0.3) is 0 Å². The van der Waals surface area contributed by atoms with Gasteiger partial charge in [-0.05, 0) is 12.7 Å². The second-order valence-electron chi connectivity index (χ2n) is 3.61. The Hall–Kier alpha value is -0.910. The number of carbonyl (C=O) groups excluding carboxylic acids is 1. The third kappa shape index (κ3) is 4.74. The minimum absolute atomic E-state index is 0.322. The van der Waals surface area contributed by atoms with Crippen LogP contribution in [0.15, 0.2) is 0 Å². The molecule has 5 nitrogen and oxygen atoms in total. The SMILES string of the molecule is CCC(C(=O)O)N(C)C(=O)NCC(C)SC. The number of likely N-dealkylation sites (N-methyl/N-ethyl adjacent to an activating group) is 1. The lowest BCUT2D eigenvalue weighted by molar-refractivity contribution is -0.141. The van der Waals surface area contributed by atoms with Crippen LogP contribution in [0.1, 0.15) is 20.3 Å². The number of amides is 2. The van der Waals surface area contributed by atoms with Crippen molar-refractivity contribution in [3.05, 3.63) is 0 Å². The molecule has 16 heavy (non-hydrogen) atoms. The van der Waals surface area contributed by atoms with E-state index in [0.29, 0.717) is 18.2 Å². The summed E-state index contributed by atoms with van der Waals surface area (Å²) in [6.07, 6.45) is 2.37. The van der Waals surface area contributed by atoms with E-state index in [0.717, 1.165) is 0 Å². The Labute approximate surface area is 101 Å². The summed E-state index contributed by atoms with van der Waals surface area (Å²) in [5.74, 6) is -0.974. The first-order valence-corrected chi connectivity index (χ1v) is 6.49. The number of nitrogens with zero attached hydrogens (tertiary/aromatic N) is 1. The number of urea groups is 1. The Morgan fingerprint density at radius 2 is 2.06 bits per heavy atom. The van der Waals surface area contributed by atoms with Crippen LogP contribution >= 0.6 is 11.8 Å². The van der Waals surface area contributed by atoms with Crippen LogP contribution in [0.4, 0.5) is 4.79 Å². The van der Waals surface area contributed by atoms with E-state index in [2.05, 4.69) is 5.32 Å². The Morgan fingerprint density at radius 1 is 1.50 bits per heavy atom. The Balaban J connectivity index is 4.21. The zero-order valence-electron chi connectivity index (χ0n) is 10.2. The normalized spacial score (nSPS) is 14.0. The maximum absolute atomic E-state index is 11.6. The third-order valence-electron chi connectivity index (χ3n) is 2.40. The van der Waals surface area contributed by atoms with Gasteiger partial charge in [0, 0.05) is 18.8 Å². The zero-order valence-corrected chi connectivity index (χ0v) is 11.0. The van der Waals surface area contributed by atoms with Crippen molar-refractivity contribution in [3.63, 3.8) is 0 Å². The Bertz CT molecular complexity index is 248. The number of hydrogen-bond donors (Lipinski definition) is 2. The van der Waals surface area contributed by atoms with Crippen molar-refractivity contribution in [2.24, 2.45) is 0 Å². The number of carboxylic acids is 1. The lowest BCUT2D eigenvalue weighted by Gasteiger charge is -2.24. The molecule has 6 heteroatoms. The maximum Gasteiger partial charge on any atom is 0.326 e. The van der Waals surface area contributed by atoms with Crippen LogP contribution in [0, 0.1) is 0 Å². The van der Waals surface area contributed by atoms with Gasteiger partial charge in [-0.3, -0.25) is 0 Å². The van der Waals surface area contributed by atoms with Gasteiger partial charge in [0.05, 0.1) is 0 Å². The van der Waals surface area contributed by atoms with Crippen LogP contribution in [-0.2, 0) is 4.79 Å². The van der Waals surface area contributed by atoms with Crippen molar-refractivity contribution in [2.45, 2.75) is 31.6 Å². The van der Waals surface area contributed by atoms with Crippen molar-refractivity contribution in [1.82, 2.24) is 10.2 Å². The minimum Gasteiger partial charge on any atom is -0.480 e. The van der Waals surface area contributed by atoms with Gasteiger partial charge in [0.15, 0.2) is 0 Å². The molecule has 0 spiro atoms. The smallest absolute Gasteiger partial charge is 0.326 e. The quantitative estimate of drug-likeness (QED) is 0.742. The van der Waals surface area contributed by atoms with E-state index in [1.54, 1.807) is 18.7 Å². The third-order valence-corrected chi connectivity index (χ3v) is 3.37. The van der Waals surface area contributed by atoms with Gasteiger partial charge in [-0.2, -0.15) is 11.8 Å². The molecule has 0 aliphatic carbocycles. The molecule has 0 saturated carbocycles. The second kappa shape index (κ2) is 7.38. The summed E-state index contributed by atoms with van der Waals surface area (Å²) in [7, 11) is 1.50. The summed E-state index contributed by atoms with van der Waals surface area (Å²) in [4.78, 5) is 23.7. The molecule has 0 aliphatic heterocycles. The first kappa shape index (κ1) is 15.1. The maximum atomic E-state index is 11.6. The first-order valence-electron chi connectivity index (χ1n) is 5.20. The van der Waals surface area contributed by atoms with Crippen LogP contribution < -0.4 is 5.32 Å². The summed E-state index contributed by atoms with van der Waals surface area (Å²) < 4.78 is 0. The summed E-state index contributed by atoms with van der Waals surface area (Å²) in [6.45, 7) is 4.28. The number of nitrogens with one attached hydrogen (secondary N) is 1. The molecule has 0 aliphatic rings. The summed E-state index contributed by atoms with van der Waals surface area (Å²) in [5, 5.41) is 11.9. The van der Waals surface area contributed by atoms with Crippen molar-refractivity contribution < 1.29 is 14.7 Å². The van der Waals surface area contributed by atoms with Gasteiger partial charge in [-0.1, -0.05) is 13.8 Å². The van der Waals surface area contributed by atoms with Crippen molar-refractivity contribution in [1.29, 1.82) is 0 Å². The second-order valence-corrected chi connectivity index (χ2v) is 4.88. The molecule has 2 atom stereocenters. The van der Waals surface area contributed by atoms with E-state index in [4.69, 9.17) is 5.11 Å². The average Bonchev–Trinajstić information content (AvgIpc) is 2.25. The van der Waals surface area contributed by atoms with E-state index in [1.165, 1.54) is 11.9 Å². The average molecular weight is 248 g/mol. The molecular formula is C10H20N2O3S. The lowest BCUT2D eigenvalue weighted by atomic mass is 10.2. The number of rotatable bonds is 6.